The van der Waals surface area contributed by atoms with Crippen molar-refractivity contribution >= 4 is 28.2 Å². The molecule has 0 spiro atoms. The van der Waals surface area contributed by atoms with Crippen molar-refractivity contribution < 1.29 is 14.3 Å². The quantitative estimate of drug-likeness (QED) is 0.688. The predicted molar refractivity (Wildman–Crippen MR) is 112 cm³/mol. The highest BCUT2D eigenvalue weighted by atomic mass is 19.1. The number of nitrogens with zero attached hydrogens (tertiary/aromatic N) is 3. The summed E-state index contributed by atoms with van der Waals surface area (Å²) in [6.07, 6.45) is 5.72. The predicted octanol–water partition coefficient (Wildman–Crippen LogP) is 3.14. The maximum atomic E-state index is 15.1. The van der Waals surface area contributed by atoms with Crippen molar-refractivity contribution in [3.8, 4) is 0 Å². The molecular weight excluding hydrogens is 387 g/mol. The van der Waals surface area contributed by atoms with Crippen LogP contribution in [-0.4, -0.2) is 33.7 Å². The standard InChI is InChI=1S/C22H21FN4O3/c23-16-8-14-18(27(13-3-4-13)11-15(21(14)28)22(29)30)9-19(16)26-7-5-12(10-26)20-17(24)2-1-6-25-20/h1-2,6,8-9,11-13H,3-5,7,10,24H2,(H,29,30). The second-order valence-electron chi connectivity index (χ2n) is 8.05. The highest BCUT2D eigenvalue weighted by Gasteiger charge is 2.30. The summed E-state index contributed by atoms with van der Waals surface area (Å²) in [5.74, 6) is -1.73. The molecule has 0 amide bonds. The molecule has 2 fully saturated rings. The van der Waals surface area contributed by atoms with Gasteiger partial charge in [-0.2, -0.15) is 0 Å². The number of carbonyl (C=O) groups is 1. The number of benzene rings is 1. The Bertz CT molecular complexity index is 1240. The third-order valence-corrected chi connectivity index (χ3v) is 6.06. The second-order valence-corrected chi connectivity index (χ2v) is 8.05. The number of fused-ring (bicyclic) bond motifs is 1. The average Bonchev–Trinajstić information content (AvgIpc) is 3.45. The van der Waals surface area contributed by atoms with Crippen molar-refractivity contribution in [2.75, 3.05) is 23.7 Å². The molecule has 1 aliphatic carbocycles. The van der Waals surface area contributed by atoms with E-state index in [0.717, 1.165) is 25.0 Å². The van der Waals surface area contributed by atoms with Crippen LogP contribution in [-0.2, 0) is 0 Å². The first-order chi connectivity index (χ1) is 14.4. The lowest BCUT2D eigenvalue weighted by Gasteiger charge is -2.21. The van der Waals surface area contributed by atoms with Crippen LogP contribution >= 0.6 is 0 Å². The lowest BCUT2D eigenvalue weighted by atomic mass is 10.0. The van der Waals surface area contributed by atoms with E-state index in [1.165, 1.54) is 12.3 Å². The third kappa shape index (κ3) is 2.99. The molecule has 8 heteroatoms. The molecule has 2 aromatic heterocycles. The molecule has 154 valence electrons. The average molecular weight is 408 g/mol. The number of carboxylic acid groups (broad SMARTS) is 1. The summed E-state index contributed by atoms with van der Waals surface area (Å²) < 4.78 is 16.9. The Kier molecular flexibility index (Phi) is 4.23. The van der Waals surface area contributed by atoms with E-state index >= 15 is 4.39 Å². The Morgan fingerprint density at radius 2 is 2.07 bits per heavy atom. The lowest BCUT2D eigenvalue weighted by molar-refractivity contribution is 0.0695. The van der Waals surface area contributed by atoms with Gasteiger partial charge in [-0.1, -0.05) is 0 Å². The van der Waals surface area contributed by atoms with Gasteiger partial charge in [-0.3, -0.25) is 9.78 Å². The number of rotatable bonds is 4. The summed E-state index contributed by atoms with van der Waals surface area (Å²) in [6.45, 7) is 1.22. The molecule has 0 radical (unpaired) electrons. The zero-order chi connectivity index (χ0) is 21.0. The van der Waals surface area contributed by atoms with Gasteiger partial charge in [-0.25, -0.2) is 9.18 Å². The molecule has 1 aliphatic heterocycles. The van der Waals surface area contributed by atoms with Crippen LogP contribution in [0.3, 0.4) is 0 Å². The van der Waals surface area contributed by atoms with E-state index in [1.54, 1.807) is 18.3 Å². The van der Waals surface area contributed by atoms with Gasteiger partial charge in [0, 0.05) is 42.8 Å². The number of halogens is 1. The van der Waals surface area contributed by atoms with Gasteiger partial charge in [0.25, 0.3) is 0 Å². The Morgan fingerprint density at radius 1 is 1.27 bits per heavy atom. The van der Waals surface area contributed by atoms with Crippen molar-refractivity contribution in [1.82, 2.24) is 9.55 Å². The minimum absolute atomic E-state index is 0.0984. The molecule has 1 atom stereocenters. The summed E-state index contributed by atoms with van der Waals surface area (Å²) in [5, 5.41) is 9.48. The molecule has 7 nitrogen and oxygen atoms in total. The van der Waals surface area contributed by atoms with Gasteiger partial charge in [0.15, 0.2) is 0 Å². The molecule has 3 heterocycles. The first-order valence-electron chi connectivity index (χ1n) is 10.0. The maximum absolute atomic E-state index is 15.1. The van der Waals surface area contributed by atoms with E-state index < -0.39 is 17.2 Å². The molecular formula is C22H21FN4O3. The number of hydrogen-bond acceptors (Lipinski definition) is 5. The molecule has 5 rings (SSSR count). The van der Waals surface area contributed by atoms with Crippen LogP contribution in [0.1, 0.15) is 47.3 Å². The number of hydrogen-bond donors (Lipinski definition) is 2. The van der Waals surface area contributed by atoms with Crippen LogP contribution in [0.2, 0.25) is 0 Å². The highest BCUT2D eigenvalue weighted by molar-refractivity contribution is 5.93. The highest BCUT2D eigenvalue weighted by Crippen LogP contribution is 2.39. The van der Waals surface area contributed by atoms with Crippen LogP contribution in [0.5, 0.6) is 0 Å². The molecule has 2 aliphatic rings. The fourth-order valence-corrected chi connectivity index (χ4v) is 4.38. The van der Waals surface area contributed by atoms with Crippen LogP contribution in [0.25, 0.3) is 10.9 Å². The summed E-state index contributed by atoms with van der Waals surface area (Å²) in [4.78, 5) is 30.5. The number of carboxylic acids is 1. The zero-order valence-corrected chi connectivity index (χ0v) is 16.2. The van der Waals surface area contributed by atoms with E-state index in [9.17, 15) is 14.7 Å². The fourth-order valence-electron chi connectivity index (χ4n) is 4.38. The monoisotopic (exact) mass is 408 g/mol. The summed E-state index contributed by atoms with van der Waals surface area (Å²) in [7, 11) is 0. The van der Waals surface area contributed by atoms with Gasteiger partial charge in [0.2, 0.25) is 5.43 Å². The minimum atomic E-state index is -1.30. The first kappa shape index (κ1) is 18.6. The number of nitrogens with two attached hydrogens (primary N) is 1. The molecule has 30 heavy (non-hydrogen) atoms. The number of pyridine rings is 2. The molecule has 3 N–H and O–H groups in total. The smallest absolute Gasteiger partial charge is 0.341 e. The van der Waals surface area contributed by atoms with Crippen LogP contribution in [0.15, 0.2) is 41.5 Å². The largest absolute Gasteiger partial charge is 0.477 e. The van der Waals surface area contributed by atoms with Gasteiger partial charge >= 0.3 is 5.97 Å². The third-order valence-electron chi connectivity index (χ3n) is 6.06. The van der Waals surface area contributed by atoms with Gasteiger partial charge in [-0.15, -0.1) is 0 Å². The first-order valence-corrected chi connectivity index (χ1v) is 10.0. The van der Waals surface area contributed by atoms with E-state index in [0.29, 0.717) is 30.0 Å². The molecule has 3 aromatic rings. The summed E-state index contributed by atoms with van der Waals surface area (Å²) in [5.41, 5.74) is 7.53. The summed E-state index contributed by atoms with van der Waals surface area (Å²) in [6, 6.07) is 6.61. The van der Waals surface area contributed by atoms with Gasteiger partial charge < -0.3 is 20.3 Å². The normalized spacial score (nSPS) is 18.8. The summed E-state index contributed by atoms with van der Waals surface area (Å²) >= 11 is 0. The van der Waals surface area contributed by atoms with Crippen molar-refractivity contribution in [3.05, 3.63) is 64.0 Å². The number of aromatic nitrogens is 2. The molecule has 1 aromatic carbocycles. The number of anilines is 2. The lowest BCUT2D eigenvalue weighted by Crippen LogP contribution is -2.23. The zero-order valence-electron chi connectivity index (χ0n) is 16.2. The second kappa shape index (κ2) is 6.83. The number of aromatic carboxylic acids is 1. The van der Waals surface area contributed by atoms with Crippen molar-refractivity contribution in [3.63, 3.8) is 0 Å². The Hall–Kier alpha value is -3.42. The Morgan fingerprint density at radius 3 is 2.77 bits per heavy atom. The van der Waals surface area contributed by atoms with E-state index in [-0.39, 0.29) is 22.9 Å². The molecule has 1 saturated carbocycles. The molecule has 0 bridgehead atoms. The Balaban J connectivity index is 1.58. The van der Waals surface area contributed by atoms with Gasteiger partial charge in [0.05, 0.1) is 22.6 Å². The maximum Gasteiger partial charge on any atom is 0.341 e. The van der Waals surface area contributed by atoms with E-state index in [2.05, 4.69) is 4.98 Å². The molecule has 1 saturated heterocycles. The van der Waals surface area contributed by atoms with Crippen LogP contribution < -0.4 is 16.1 Å². The van der Waals surface area contributed by atoms with Crippen molar-refractivity contribution in [2.45, 2.75) is 31.2 Å². The SMILES string of the molecule is Nc1cccnc1C1CCN(c2cc3c(cc2F)c(=O)c(C(=O)O)cn3C2CC2)C1. The van der Waals surface area contributed by atoms with Crippen molar-refractivity contribution in [1.29, 1.82) is 0 Å². The van der Waals surface area contributed by atoms with Crippen molar-refractivity contribution in [2.24, 2.45) is 0 Å². The van der Waals surface area contributed by atoms with E-state index in [1.807, 2.05) is 15.5 Å². The van der Waals surface area contributed by atoms with E-state index in [4.69, 9.17) is 5.73 Å². The number of nitrogen functional groups attached to an aromatic ring is 1. The van der Waals surface area contributed by atoms with Gasteiger partial charge in [-0.05, 0) is 43.5 Å². The van der Waals surface area contributed by atoms with Crippen LogP contribution in [0.4, 0.5) is 15.8 Å². The van der Waals surface area contributed by atoms with Gasteiger partial charge in [0.1, 0.15) is 11.4 Å². The molecule has 1 unspecified atom stereocenters. The topological polar surface area (TPSA) is 101 Å². The Labute approximate surface area is 171 Å². The van der Waals surface area contributed by atoms with Crippen LogP contribution in [0, 0.1) is 5.82 Å². The minimum Gasteiger partial charge on any atom is -0.477 e. The fraction of sp³-hybridized carbons (Fsp3) is 0.318.